The van der Waals surface area contributed by atoms with E-state index < -0.39 is 11.4 Å². The van der Waals surface area contributed by atoms with E-state index in [0.717, 1.165) is 62.1 Å². The first kappa shape index (κ1) is 23.9. The third-order valence-electron chi connectivity index (χ3n) is 5.75. The molecule has 0 aliphatic heterocycles. The SMILES string of the molecule is CCC(CCCCCCCCOc1ccc(-c2ccn[nH]2)nc1)(CCOC)C(=O)O. The second kappa shape index (κ2) is 13.0. The zero-order chi connectivity index (χ0) is 21.7. The number of nitrogens with zero attached hydrogens (tertiary/aromatic N) is 2. The molecule has 0 fully saturated rings. The molecule has 0 aliphatic rings. The van der Waals surface area contributed by atoms with Crippen LogP contribution in [0, 0.1) is 5.41 Å². The molecule has 7 heteroatoms. The van der Waals surface area contributed by atoms with E-state index in [9.17, 15) is 9.90 Å². The van der Waals surface area contributed by atoms with E-state index in [-0.39, 0.29) is 0 Å². The summed E-state index contributed by atoms with van der Waals surface area (Å²) >= 11 is 0. The molecule has 0 spiro atoms. The number of H-pyrrole nitrogens is 1. The van der Waals surface area contributed by atoms with Gasteiger partial charge < -0.3 is 14.6 Å². The molecule has 0 aliphatic carbocycles. The van der Waals surface area contributed by atoms with Crippen molar-refractivity contribution in [2.24, 2.45) is 5.41 Å². The van der Waals surface area contributed by atoms with E-state index in [0.29, 0.717) is 26.1 Å². The maximum Gasteiger partial charge on any atom is 0.309 e. The van der Waals surface area contributed by atoms with Gasteiger partial charge in [0.25, 0.3) is 0 Å². The third-order valence-corrected chi connectivity index (χ3v) is 5.75. The van der Waals surface area contributed by atoms with Crippen molar-refractivity contribution in [2.75, 3.05) is 20.3 Å². The summed E-state index contributed by atoms with van der Waals surface area (Å²) in [7, 11) is 1.62. The Balaban J connectivity index is 1.55. The van der Waals surface area contributed by atoms with Gasteiger partial charge in [-0.25, -0.2) is 0 Å². The topological polar surface area (TPSA) is 97.3 Å². The number of unbranched alkanes of at least 4 members (excludes halogenated alkanes) is 5. The molecule has 2 aromatic rings. The molecule has 0 saturated carbocycles. The van der Waals surface area contributed by atoms with Crippen LogP contribution < -0.4 is 4.74 Å². The molecule has 166 valence electrons. The molecule has 1 unspecified atom stereocenters. The molecule has 30 heavy (non-hydrogen) atoms. The van der Waals surface area contributed by atoms with Crippen molar-refractivity contribution >= 4 is 5.97 Å². The van der Waals surface area contributed by atoms with Crippen molar-refractivity contribution in [3.05, 3.63) is 30.6 Å². The number of aromatic nitrogens is 3. The number of hydrogen-bond acceptors (Lipinski definition) is 5. The molecule has 2 N–H and O–H groups in total. The first-order valence-corrected chi connectivity index (χ1v) is 10.9. The van der Waals surface area contributed by atoms with E-state index in [2.05, 4.69) is 15.2 Å². The number of carboxylic acid groups (broad SMARTS) is 1. The van der Waals surface area contributed by atoms with Gasteiger partial charge in [-0.2, -0.15) is 5.10 Å². The predicted octanol–water partition coefficient (Wildman–Crippen LogP) is 5.10. The van der Waals surface area contributed by atoms with Gasteiger partial charge in [0.15, 0.2) is 0 Å². The minimum Gasteiger partial charge on any atom is -0.492 e. The molecule has 0 amide bonds. The molecule has 2 rings (SSSR count). The minimum atomic E-state index is -0.689. The fourth-order valence-electron chi connectivity index (χ4n) is 3.63. The highest BCUT2D eigenvalue weighted by molar-refractivity contribution is 5.74. The molecule has 2 heterocycles. The number of aromatic amines is 1. The zero-order valence-corrected chi connectivity index (χ0v) is 18.2. The first-order valence-electron chi connectivity index (χ1n) is 10.9. The number of carbonyl (C=O) groups is 1. The fourth-order valence-corrected chi connectivity index (χ4v) is 3.63. The van der Waals surface area contributed by atoms with Crippen molar-refractivity contribution in [3.63, 3.8) is 0 Å². The summed E-state index contributed by atoms with van der Waals surface area (Å²) in [6, 6.07) is 5.73. The van der Waals surface area contributed by atoms with Gasteiger partial charge in [0.2, 0.25) is 0 Å². The van der Waals surface area contributed by atoms with E-state index in [1.807, 2.05) is 25.1 Å². The third kappa shape index (κ3) is 7.44. The lowest BCUT2D eigenvalue weighted by atomic mass is 9.77. The number of carboxylic acids is 1. The second-order valence-corrected chi connectivity index (χ2v) is 7.75. The van der Waals surface area contributed by atoms with Gasteiger partial charge in [-0.1, -0.05) is 39.0 Å². The Morgan fingerprint density at radius 1 is 1.07 bits per heavy atom. The summed E-state index contributed by atoms with van der Waals surface area (Å²) < 4.78 is 10.9. The Morgan fingerprint density at radius 3 is 2.43 bits per heavy atom. The van der Waals surface area contributed by atoms with Crippen LogP contribution in [0.3, 0.4) is 0 Å². The Morgan fingerprint density at radius 2 is 1.83 bits per heavy atom. The van der Waals surface area contributed by atoms with Gasteiger partial charge in [-0.15, -0.1) is 0 Å². The van der Waals surface area contributed by atoms with Gasteiger partial charge >= 0.3 is 5.97 Å². The quantitative estimate of drug-likeness (QED) is 0.369. The highest BCUT2D eigenvalue weighted by Gasteiger charge is 2.35. The van der Waals surface area contributed by atoms with Gasteiger partial charge in [0.05, 0.1) is 29.6 Å². The smallest absolute Gasteiger partial charge is 0.309 e. The van der Waals surface area contributed by atoms with Crippen LogP contribution in [0.1, 0.15) is 64.7 Å². The predicted molar refractivity (Wildman–Crippen MR) is 116 cm³/mol. The zero-order valence-electron chi connectivity index (χ0n) is 18.2. The highest BCUT2D eigenvalue weighted by Crippen LogP contribution is 2.33. The monoisotopic (exact) mass is 417 g/mol. The van der Waals surface area contributed by atoms with Crippen LogP contribution >= 0.6 is 0 Å². The average molecular weight is 418 g/mol. The summed E-state index contributed by atoms with van der Waals surface area (Å²) in [5.41, 5.74) is 1.10. The van der Waals surface area contributed by atoms with Gasteiger partial charge in [0, 0.05) is 19.9 Å². The summed E-state index contributed by atoms with van der Waals surface area (Å²) in [5, 5.41) is 16.4. The number of methoxy groups -OCH3 is 1. The summed E-state index contributed by atoms with van der Waals surface area (Å²) in [4.78, 5) is 16.1. The summed E-state index contributed by atoms with van der Waals surface area (Å²) in [6.45, 7) is 3.14. The van der Waals surface area contributed by atoms with E-state index in [1.54, 1.807) is 19.5 Å². The molecule has 0 saturated heterocycles. The van der Waals surface area contributed by atoms with E-state index >= 15 is 0 Å². The summed E-state index contributed by atoms with van der Waals surface area (Å²) in [6.07, 6.45) is 11.8. The average Bonchev–Trinajstić information content (AvgIpc) is 3.30. The molecule has 2 aromatic heterocycles. The number of hydrogen-bond donors (Lipinski definition) is 2. The van der Waals surface area contributed by atoms with Gasteiger partial charge in [-0.05, 0) is 43.9 Å². The molecule has 1 atom stereocenters. The first-order chi connectivity index (χ1) is 14.6. The van der Waals surface area contributed by atoms with Crippen molar-refractivity contribution < 1.29 is 19.4 Å². The van der Waals surface area contributed by atoms with Crippen LogP contribution in [0.15, 0.2) is 30.6 Å². The van der Waals surface area contributed by atoms with Gasteiger partial charge in [0.1, 0.15) is 5.75 Å². The normalized spacial score (nSPS) is 13.1. The second-order valence-electron chi connectivity index (χ2n) is 7.75. The lowest BCUT2D eigenvalue weighted by Crippen LogP contribution is -2.31. The standard InChI is InChI=1S/C23H35N3O4/c1-3-23(22(27)28,14-17-29-2)13-8-6-4-5-7-9-16-30-19-10-11-20(24-18-19)21-12-15-25-26-21/h10-12,15,18H,3-9,13-14,16-17H2,1-2H3,(H,25,26)(H,27,28). The lowest BCUT2D eigenvalue weighted by Gasteiger charge is -2.28. The molecule has 0 radical (unpaired) electrons. The Bertz CT molecular complexity index is 719. The molecule has 0 aromatic carbocycles. The Labute approximate surface area is 179 Å². The van der Waals surface area contributed by atoms with Crippen molar-refractivity contribution in [1.29, 1.82) is 0 Å². The lowest BCUT2D eigenvalue weighted by molar-refractivity contribution is -0.151. The number of aliphatic carboxylic acids is 1. The van der Waals surface area contributed by atoms with Crippen LogP contribution in [0.4, 0.5) is 0 Å². The largest absolute Gasteiger partial charge is 0.492 e. The maximum absolute atomic E-state index is 11.7. The van der Waals surface area contributed by atoms with Crippen LogP contribution in [-0.2, 0) is 9.53 Å². The fraction of sp³-hybridized carbons (Fsp3) is 0.609. The number of rotatable bonds is 16. The van der Waals surface area contributed by atoms with Crippen LogP contribution in [0.25, 0.3) is 11.4 Å². The van der Waals surface area contributed by atoms with Crippen LogP contribution in [0.2, 0.25) is 0 Å². The number of ether oxygens (including phenoxy) is 2. The highest BCUT2D eigenvalue weighted by atomic mass is 16.5. The molecular weight excluding hydrogens is 382 g/mol. The number of pyridine rings is 1. The maximum atomic E-state index is 11.7. The number of nitrogens with one attached hydrogen (secondary N) is 1. The Kier molecular flexibility index (Phi) is 10.3. The van der Waals surface area contributed by atoms with Crippen molar-refractivity contribution in [3.8, 4) is 17.1 Å². The van der Waals surface area contributed by atoms with Crippen molar-refractivity contribution in [1.82, 2.24) is 15.2 Å². The van der Waals surface area contributed by atoms with Crippen LogP contribution in [-0.4, -0.2) is 46.6 Å². The summed E-state index contributed by atoms with van der Waals surface area (Å²) in [5.74, 6) is 0.0881. The van der Waals surface area contributed by atoms with E-state index in [1.165, 1.54) is 0 Å². The van der Waals surface area contributed by atoms with Gasteiger partial charge in [-0.3, -0.25) is 14.9 Å². The van der Waals surface area contributed by atoms with Crippen molar-refractivity contribution in [2.45, 2.75) is 64.7 Å². The van der Waals surface area contributed by atoms with E-state index in [4.69, 9.17) is 9.47 Å². The van der Waals surface area contributed by atoms with Crippen LogP contribution in [0.5, 0.6) is 5.75 Å². The Hall–Kier alpha value is -2.41. The molecule has 7 nitrogen and oxygen atoms in total. The molecular formula is C23H35N3O4. The molecule has 0 bridgehead atoms. The minimum absolute atomic E-state index is 0.502.